The van der Waals surface area contributed by atoms with Crippen molar-refractivity contribution in [1.29, 1.82) is 0 Å². The van der Waals surface area contributed by atoms with Crippen molar-refractivity contribution in [3.05, 3.63) is 88.8 Å². The minimum Gasteiger partial charge on any atom is -0.493 e. The molecule has 0 aromatic heterocycles. The van der Waals surface area contributed by atoms with E-state index in [0.717, 1.165) is 16.8 Å². The number of nitrogens with zero attached hydrogens (tertiary/aromatic N) is 1. The maximum atomic E-state index is 13.0. The van der Waals surface area contributed by atoms with Gasteiger partial charge in [-0.05, 0) is 60.5 Å². The van der Waals surface area contributed by atoms with Crippen molar-refractivity contribution >= 4 is 46.0 Å². The van der Waals surface area contributed by atoms with Crippen LogP contribution in [0, 0.1) is 6.92 Å². The minimum atomic E-state index is -0.118. The molecule has 0 atom stereocenters. The fourth-order valence-electron chi connectivity index (χ4n) is 3.35. The molecule has 1 amide bonds. The summed E-state index contributed by atoms with van der Waals surface area (Å²) < 4.78 is 17.4. The van der Waals surface area contributed by atoms with Gasteiger partial charge in [0, 0.05) is 0 Å². The van der Waals surface area contributed by atoms with E-state index >= 15 is 0 Å². The monoisotopic (exact) mass is 477 g/mol. The molecule has 168 valence electrons. The summed E-state index contributed by atoms with van der Waals surface area (Å²) in [6.45, 7) is 2.74. The fraction of sp³-hybridized carbons (Fsp3) is 0.154. The topological polar surface area (TPSA) is 48.0 Å². The molecule has 0 saturated carbocycles. The van der Waals surface area contributed by atoms with E-state index < -0.39 is 0 Å². The second-order valence-corrected chi connectivity index (χ2v) is 8.95. The number of methoxy groups -OCH3 is 1. The summed E-state index contributed by atoms with van der Waals surface area (Å²) in [5, 5.41) is 0. The first-order chi connectivity index (χ1) is 16.0. The number of rotatable bonds is 8. The summed E-state index contributed by atoms with van der Waals surface area (Å²) in [7, 11) is 1.61. The maximum Gasteiger partial charge on any atom is 0.270 e. The molecule has 0 bridgehead atoms. The number of amides is 1. The van der Waals surface area contributed by atoms with E-state index in [1.165, 1.54) is 11.8 Å². The lowest BCUT2D eigenvalue weighted by Gasteiger charge is -2.14. The van der Waals surface area contributed by atoms with Crippen LogP contribution in [0.15, 0.2) is 77.7 Å². The predicted molar refractivity (Wildman–Crippen MR) is 137 cm³/mol. The summed E-state index contributed by atoms with van der Waals surface area (Å²) in [6.07, 6.45) is 1.84. The molecule has 0 unspecified atom stereocenters. The molecule has 5 nitrogen and oxygen atoms in total. The van der Waals surface area contributed by atoms with Gasteiger partial charge in [-0.3, -0.25) is 9.69 Å². The first-order valence-electron chi connectivity index (χ1n) is 10.4. The van der Waals surface area contributed by atoms with Gasteiger partial charge in [0.15, 0.2) is 15.8 Å². The van der Waals surface area contributed by atoms with Gasteiger partial charge in [0.25, 0.3) is 5.91 Å². The Morgan fingerprint density at radius 2 is 1.70 bits per heavy atom. The highest BCUT2D eigenvalue weighted by Crippen LogP contribution is 2.36. The van der Waals surface area contributed by atoms with E-state index in [9.17, 15) is 4.79 Å². The van der Waals surface area contributed by atoms with E-state index in [0.29, 0.717) is 39.7 Å². The number of aryl methyl sites for hydroxylation is 1. The third-order valence-corrected chi connectivity index (χ3v) is 6.19. The number of thiocarbonyl (C=S) groups is 1. The lowest BCUT2D eigenvalue weighted by atomic mass is 10.2. The molecule has 0 N–H and O–H groups in total. The van der Waals surface area contributed by atoms with E-state index in [4.69, 9.17) is 26.4 Å². The van der Waals surface area contributed by atoms with E-state index in [1.54, 1.807) is 12.0 Å². The molecule has 3 aromatic rings. The van der Waals surface area contributed by atoms with E-state index in [1.807, 2.05) is 85.8 Å². The third kappa shape index (κ3) is 5.56. The van der Waals surface area contributed by atoms with Crippen LogP contribution in [0.3, 0.4) is 0 Å². The lowest BCUT2D eigenvalue weighted by Crippen LogP contribution is -2.27. The zero-order valence-corrected chi connectivity index (χ0v) is 19.9. The number of ether oxygens (including phenoxy) is 3. The average molecular weight is 478 g/mol. The second-order valence-electron chi connectivity index (χ2n) is 7.28. The maximum absolute atomic E-state index is 13.0. The number of para-hydroxylation sites is 2. The molecule has 1 saturated heterocycles. The van der Waals surface area contributed by atoms with Crippen molar-refractivity contribution in [2.24, 2.45) is 0 Å². The molecule has 1 aliphatic rings. The van der Waals surface area contributed by atoms with Crippen molar-refractivity contribution in [3.8, 4) is 17.2 Å². The Morgan fingerprint density at radius 3 is 2.48 bits per heavy atom. The number of thioether (sulfide) groups is 1. The third-order valence-electron chi connectivity index (χ3n) is 4.89. The molecular formula is C26H23NO4S2. The zero-order chi connectivity index (χ0) is 23.2. The fourth-order valence-corrected chi connectivity index (χ4v) is 4.65. The Labute approximate surface area is 203 Å². The summed E-state index contributed by atoms with van der Waals surface area (Å²) >= 11 is 6.77. The van der Waals surface area contributed by atoms with Crippen LogP contribution in [0.2, 0.25) is 0 Å². The van der Waals surface area contributed by atoms with Crippen LogP contribution in [0.5, 0.6) is 17.2 Å². The summed E-state index contributed by atoms with van der Waals surface area (Å²) in [5.41, 5.74) is 2.72. The van der Waals surface area contributed by atoms with Crippen molar-refractivity contribution in [2.75, 3.05) is 25.2 Å². The first kappa shape index (κ1) is 22.9. The zero-order valence-electron chi connectivity index (χ0n) is 18.3. The molecular weight excluding hydrogens is 454 g/mol. The Kier molecular flexibility index (Phi) is 7.32. The van der Waals surface area contributed by atoms with Crippen LogP contribution in [-0.2, 0) is 4.79 Å². The standard InChI is InChI=1S/C26H23NO4S2/c1-18-7-5-9-20(15-18)27-25(28)24(33-26(27)32)17-19-8-6-10-21(16-19)30-13-14-31-23-12-4-3-11-22(23)29-2/h3-12,15-17H,13-14H2,1-2H3. The molecule has 4 rings (SSSR count). The molecule has 1 fully saturated rings. The molecule has 0 radical (unpaired) electrons. The van der Waals surface area contributed by atoms with Crippen LogP contribution in [-0.4, -0.2) is 30.6 Å². The summed E-state index contributed by atoms with van der Waals surface area (Å²) in [6, 6.07) is 22.8. The smallest absolute Gasteiger partial charge is 0.270 e. The Balaban J connectivity index is 1.39. The Hall–Kier alpha value is -3.29. The largest absolute Gasteiger partial charge is 0.493 e. The molecule has 1 aliphatic heterocycles. The summed E-state index contributed by atoms with van der Waals surface area (Å²) in [4.78, 5) is 15.2. The normalized spacial score (nSPS) is 14.6. The molecule has 3 aromatic carbocycles. The van der Waals surface area contributed by atoms with Crippen LogP contribution >= 0.6 is 24.0 Å². The molecule has 0 spiro atoms. The summed E-state index contributed by atoms with van der Waals surface area (Å²) in [5.74, 6) is 1.93. The van der Waals surface area contributed by atoms with E-state index in [-0.39, 0.29) is 5.91 Å². The number of benzene rings is 3. The van der Waals surface area contributed by atoms with Crippen LogP contribution in [0.1, 0.15) is 11.1 Å². The van der Waals surface area contributed by atoms with Gasteiger partial charge in [-0.25, -0.2) is 0 Å². The van der Waals surface area contributed by atoms with Crippen LogP contribution in [0.25, 0.3) is 6.08 Å². The van der Waals surface area contributed by atoms with Gasteiger partial charge in [-0.1, -0.05) is 60.4 Å². The van der Waals surface area contributed by atoms with Gasteiger partial charge < -0.3 is 14.2 Å². The number of anilines is 1. The number of carbonyl (C=O) groups is 1. The molecule has 33 heavy (non-hydrogen) atoms. The molecule has 0 aliphatic carbocycles. The SMILES string of the molecule is COc1ccccc1OCCOc1cccc(C=C2SC(=S)N(c3cccc(C)c3)C2=O)c1. The number of hydrogen-bond acceptors (Lipinski definition) is 6. The minimum absolute atomic E-state index is 0.118. The second kappa shape index (κ2) is 10.6. The number of hydrogen-bond donors (Lipinski definition) is 0. The van der Waals surface area contributed by atoms with E-state index in [2.05, 4.69) is 0 Å². The van der Waals surface area contributed by atoms with Gasteiger partial charge in [-0.15, -0.1) is 0 Å². The van der Waals surface area contributed by atoms with Gasteiger partial charge in [0.05, 0.1) is 17.7 Å². The molecule has 1 heterocycles. The first-order valence-corrected chi connectivity index (χ1v) is 11.6. The van der Waals surface area contributed by atoms with Crippen molar-refractivity contribution in [2.45, 2.75) is 6.92 Å². The number of carbonyl (C=O) groups excluding carboxylic acids is 1. The van der Waals surface area contributed by atoms with Gasteiger partial charge in [-0.2, -0.15) is 0 Å². The average Bonchev–Trinajstić information content (AvgIpc) is 3.09. The highest BCUT2D eigenvalue weighted by Gasteiger charge is 2.33. The lowest BCUT2D eigenvalue weighted by molar-refractivity contribution is -0.113. The van der Waals surface area contributed by atoms with Gasteiger partial charge in [0.2, 0.25) is 0 Å². The van der Waals surface area contributed by atoms with Gasteiger partial charge in [0.1, 0.15) is 19.0 Å². The quantitative estimate of drug-likeness (QED) is 0.230. The predicted octanol–water partition coefficient (Wildman–Crippen LogP) is 5.87. The van der Waals surface area contributed by atoms with Crippen molar-refractivity contribution in [1.82, 2.24) is 0 Å². The Morgan fingerprint density at radius 1 is 0.939 bits per heavy atom. The molecule has 7 heteroatoms. The van der Waals surface area contributed by atoms with Crippen molar-refractivity contribution in [3.63, 3.8) is 0 Å². The van der Waals surface area contributed by atoms with Crippen LogP contribution < -0.4 is 19.1 Å². The highest BCUT2D eigenvalue weighted by molar-refractivity contribution is 8.27. The van der Waals surface area contributed by atoms with Crippen LogP contribution in [0.4, 0.5) is 5.69 Å². The van der Waals surface area contributed by atoms with Crippen molar-refractivity contribution < 1.29 is 19.0 Å². The van der Waals surface area contributed by atoms with Gasteiger partial charge >= 0.3 is 0 Å². The highest BCUT2D eigenvalue weighted by atomic mass is 32.2. The Bertz CT molecular complexity index is 1210.